The largest absolute Gasteiger partial charge is 0.423 e. The van der Waals surface area contributed by atoms with Gasteiger partial charge >= 0.3 is 5.97 Å². The van der Waals surface area contributed by atoms with Crippen molar-refractivity contribution in [1.82, 2.24) is 5.43 Å². The third-order valence-corrected chi connectivity index (χ3v) is 5.31. The maximum atomic E-state index is 12.2. The first-order valence-corrected chi connectivity index (χ1v) is 11.9. The number of esters is 1. The molecule has 0 bridgehead atoms. The number of hydrogen-bond donors (Lipinski definition) is 1. The molecule has 5 nitrogen and oxygen atoms in total. The van der Waals surface area contributed by atoms with Crippen molar-refractivity contribution in [2.45, 2.75) is 71.1 Å². The number of hydrogen-bond acceptors (Lipinski definition) is 4. The van der Waals surface area contributed by atoms with Gasteiger partial charge in [0.05, 0.1) is 11.8 Å². The molecule has 0 radical (unpaired) electrons. The maximum absolute atomic E-state index is 12.2. The van der Waals surface area contributed by atoms with Gasteiger partial charge in [0.25, 0.3) is 0 Å². The first-order chi connectivity index (χ1) is 15.6. The molecule has 0 aromatic heterocycles. The molecule has 0 aliphatic rings. The Kier molecular flexibility index (Phi) is 12.2. The van der Waals surface area contributed by atoms with Gasteiger partial charge in [-0.1, -0.05) is 82.0 Å². The highest BCUT2D eigenvalue weighted by atomic mass is 35.5. The van der Waals surface area contributed by atoms with Gasteiger partial charge in [-0.15, -0.1) is 0 Å². The molecular weight excluding hydrogens is 424 g/mol. The molecule has 0 heterocycles. The van der Waals surface area contributed by atoms with Gasteiger partial charge < -0.3 is 4.74 Å². The van der Waals surface area contributed by atoms with E-state index in [1.54, 1.807) is 42.5 Å². The topological polar surface area (TPSA) is 67.8 Å². The minimum atomic E-state index is -0.468. The quantitative estimate of drug-likeness (QED) is 0.110. The molecule has 0 saturated carbocycles. The zero-order valence-corrected chi connectivity index (χ0v) is 19.6. The van der Waals surface area contributed by atoms with Crippen LogP contribution >= 0.6 is 11.6 Å². The monoisotopic (exact) mass is 456 g/mol. The molecule has 2 rings (SSSR count). The van der Waals surface area contributed by atoms with Crippen molar-refractivity contribution in [3.63, 3.8) is 0 Å². The SMILES string of the molecule is CCCCCCCCCCCC(=O)N/N=C/c1cccc(OC(=O)c2ccc(Cl)cc2)c1. The summed E-state index contributed by atoms with van der Waals surface area (Å²) in [7, 11) is 0. The van der Waals surface area contributed by atoms with Gasteiger partial charge in [0, 0.05) is 11.4 Å². The van der Waals surface area contributed by atoms with Gasteiger partial charge in [-0.2, -0.15) is 5.10 Å². The summed E-state index contributed by atoms with van der Waals surface area (Å²) in [6.45, 7) is 2.23. The van der Waals surface area contributed by atoms with Crippen molar-refractivity contribution in [2.75, 3.05) is 0 Å². The second kappa shape index (κ2) is 15.2. The highest BCUT2D eigenvalue weighted by Crippen LogP contribution is 2.16. The van der Waals surface area contributed by atoms with Crippen molar-refractivity contribution in [1.29, 1.82) is 0 Å². The lowest BCUT2D eigenvalue weighted by Gasteiger charge is -2.05. The number of rotatable bonds is 14. The average Bonchev–Trinajstić information content (AvgIpc) is 2.78. The number of carbonyl (C=O) groups is 2. The lowest BCUT2D eigenvalue weighted by Crippen LogP contribution is -2.16. The number of nitrogens with one attached hydrogen (secondary N) is 1. The Hall–Kier alpha value is -2.66. The van der Waals surface area contributed by atoms with E-state index in [-0.39, 0.29) is 5.91 Å². The number of hydrazone groups is 1. The third kappa shape index (κ3) is 10.6. The third-order valence-electron chi connectivity index (χ3n) is 5.06. The van der Waals surface area contributed by atoms with Crippen molar-refractivity contribution in [2.24, 2.45) is 5.10 Å². The molecular formula is C26H33ClN2O3. The molecule has 0 fully saturated rings. The van der Waals surface area contributed by atoms with E-state index in [4.69, 9.17) is 16.3 Å². The van der Waals surface area contributed by atoms with Crippen LogP contribution in [0.4, 0.5) is 0 Å². The highest BCUT2D eigenvalue weighted by molar-refractivity contribution is 6.30. The second-order valence-electron chi connectivity index (χ2n) is 7.84. The average molecular weight is 457 g/mol. The normalized spacial score (nSPS) is 10.9. The van der Waals surface area contributed by atoms with E-state index in [1.807, 2.05) is 6.07 Å². The van der Waals surface area contributed by atoms with Crippen molar-refractivity contribution in [3.05, 3.63) is 64.7 Å². The number of amides is 1. The van der Waals surface area contributed by atoms with Crippen LogP contribution in [0.5, 0.6) is 5.75 Å². The van der Waals surface area contributed by atoms with Gasteiger partial charge in [0.1, 0.15) is 5.75 Å². The van der Waals surface area contributed by atoms with Crippen LogP contribution in [0.25, 0.3) is 0 Å². The summed E-state index contributed by atoms with van der Waals surface area (Å²) in [5.41, 5.74) is 3.69. The van der Waals surface area contributed by atoms with Crippen LogP contribution in [0.15, 0.2) is 53.6 Å². The van der Waals surface area contributed by atoms with Crippen molar-refractivity contribution < 1.29 is 14.3 Å². The van der Waals surface area contributed by atoms with Gasteiger partial charge in [-0.05, 0) is 48.4 Å². The number of nitrogens with zero attached hydrogens (tertiary/aromatic N) is 1. The van der Waals surface area contributed by atoms with Crippen LogP contribution in [0.1, 0.15) is 87.1 Å². The molecule has 1 N–H and O–H groups in total. The first-order valence-electron chi connectivity index (χ1n) is 11.5. The van der Waals surface area contributed by atoms with E-state index in [9.17, 15) is 9.59 Å². The Morgan fingerprint density at radius 2 is 1.59 bits per heavy atom. The summed E-state index contributed by atoms with van der Waals surface area (Å²) in [6, 6.07) is 13.4. The summed E-state index contributed by atoms with van der Waals surface area (Å²) in [5.74, 6) is -0.158. The van der Waals surface area contributed by atoms with Crippen LogP contribution in [-0.4, -0.2) is 18.1 Å². The fraction of sp³-hybridized carbons (Fsp3) is 0.423. The number of unbranched alkanes of at least 4 members (excludes halogenated alkanes) is 8. The number of benzene rings is 2. The molecule has 0 atom stereocenters. The minimum Gasteiger partial charge on any atom is -0.423 e. The van der Waals surface area contributed by atoms with E-state index in [0.717, 1.165) is 18.4 Å². The summed E-state index contributed by atoms with van der Waals surface area (Å²) in [5, 5.41) is 4.56. The van der Waals surface area contributed by atoms with E-state index >= 15 is 0 Å². The van der Waals surface area contributed by atoms with Crippen LogP contribution in [0.2, 0.25) is 5.02 Å². The molecule has 0 aliphatic heterocycles. The molecule has 2 aromatic carbocycles. The number of carbonyl (C=O) groups excluding carboxylic acids is 2. The van der Waals surface area contributed by atoms with E-state index in [1.165, 1.54) is 51.2 Å². The van der Waals surface area contributed by atoms with Crippen LogP contribution in [-0.2, 0) is 4.79 Å². The summed E-state index contributed by atoms with van der Waals surface area (Å²) >= 11 is 5.84. The van der Waals surface area contributed by atoms with E-state index < -0.39 is 5.97 Å². The lowest BCUT2D eigenvalue weighted by molar-refractivity contribution is -0.121. The Bertz CT molecular complexity index is 866. The minimum absolute atomic E-state index is 0.0884. The zero-order valence-electron chi connectivity index (χ0n) is 18.8. The molecule has 0 unspecified atom stereocenters. The van der Waals surface area contributed by atoms with Gasteiger partial charge in [0.2, 0.25) is 5.91 Å². The van der Waals surface area contributed by atoms with Crippen molar-refractivity contribution in [3.8, 4) is 5.75 Å². The zero-order chi connectivity index (χ0) is 23.0. The summed E-state index contributed by atoms with van der Waals surface area (Å²) in [4.78, 5) is 24.1. The van der Waals surface area contributed by atoms with Gasteiger partial charge in [-0.3, -0.25) is 4.79 Å². The van der Waals surface area contributed by atoms with Gasteiger partial charge in [0.15, 0.2) is 0 Å². The Morgan fingerprint density at radius 3 is 2.28 bits per heavy atom. The smallest absolute Gasteiger partial charge is 0.343 e. The lowest BCUT2D eigenvalue weighted by atomic mass is 10.1. The van der Waals surface area contributed by atoms with Crippen LogP contribution in [0, 0.1) is 0 Å². The molecule has 6 heteroatoms. The number of halogens is 1. The summed E-state index contributed by atoms with van der Waals surface area (Å²) in [6.07, 6.45) is 13.0. The van der Waals surface area contributed by atoms with Crippen molar-refractivity contribution >= 4 is 29.7 Å². The molecule has 32 heavy (non-hydrogen) atoms. The molecule has 172 valence electrons. The van der Waals surface area contributed by atoms with E-state index in [2.05, 4.69) is 17.5 Å². The predicted octanol–water partition coefficient (Wildman–Crippen LogP) is 6.93. The molecule has 1 amide bonds. The van der Waals surface area contributed by atoms with Crippen LogP contribution < -0.4 is 10.2 Å². The molecule has 0 spiro atoms. The first kappa shape index (κ1) is 25.6. The second-order valence-corrected chi connectivity index (χ2v) is 8.28. The molecule has 2 aromatic rings. The molecule has 0 aliphatic carbocycles. The number of ether oxygens (including phenoxy) is 1. The maximum Gasteiger partial charge on any atom is 0.343 e. The Balaban J connectivity index is 1.66. The Morgan fingerprint density at radius 1 is 0.938 bits per heavy atom. The highest BCUT2D eigenvalue weighted by Gasteiger charge is 2.08. The fourth-order valence-corrected chi connectivity index (χ4v) is 3.37. The van der Waals surface area contributed by atoms with Crippen LogP contribution in [0.3, 0.4) is 0 Å². The fourth-order valence-electron chi connectivity index (χ4n) is 3.24. The summed E-state index contributed by atoms with van der Waals surface area (Å²) < 4.78 is 5.39. The van der Waals surface area contributed by atoms with E-state index in [0.29, 0.717) is 22.8 Å². The predicted molar refractivity (Wildman–Crippen MR) is 130 cm³/mol. The Labute approximate surface area is 196 Å². The molecule has 0 saturated heterocycles. The van der Waals surface area contributed by atoms with Gasteiger partial charge in [-0.25, -0.2) is 10.2 Å². The standard InChI is InChI=1S/C26H33ClN2O3/c1-2-3-4-5-6-7-8-9-10-14-25(30)29-28-20-21-12-11-13-24(19-21)32-26(31)22-15-17-23(27)18-16-22/h11-13,15-20H,2-10,14H2,1H3,(H,29,30)/b28-20+.